The molecule has 7 heteroatoms. The van der Waals surface area contributed by atoms with Crippen LogP contribution in [0, 0.1) is 17.0 Å². The van der Waals surface area contributed by atoms with E-state index >= 15 is 0 Å². The van der Waals surface area contributed by atoms with Gasteiger partial charge in [0, 0.05) is 12.6 Å². The highest BCUT2D eigenvalue weighted by Crippen LogP contribution is 2.37. The van der Waals surface area contributed by atoms with Crippen LogP contribution in [0.4, 0.5) is 5.69 Å². The molecule has 0 atom stereocenters. The minimum absolute atomic E-state index is 0.0668. The third kappa shape index (κ3) is 2.81. The number of aromatic hydroxyl groups is 1. The lowest BCUT2D eigenvalue weighted by Crippen LogP contribution is -1.98. The fraction of sp³-hybridized carbons (Fsp3) is 0.357. The molecule has 0 aliphatic carbocycles. The topological polar surface area (TPSA) is 90.4 Å². The van der Waals surface area contributed by atoms with Crippen molar-refractivity contribution in [3.8, 4) is 17.4 Å². The molecule has 0 radical (unpaired) electrons. The lowest BCUT2D eigenvalue weighted by atomic mass is 10.2. The van der Waals surface area contributed by atoms with E-state index in [0.717, 1.165) is 6.42 Å². The van der Waals surface area contributed by atoms with Gasteiger partial charge in [0.05, 0.1) is 4.92 Å². The summed E-state index contributed by atoms with van der Waals surface area (Å²) >= 11 is 0. The minimum Gasteiger partial charge on any atom is -0.508 e. The van der Waals surface area contributed by atoms with Crippen molar-refractivity contribution in [1.29, 1.82) is 0 Å². The summed E-state index contributed by atoms with van der Waals surface area (Å²) in [5.74, 6) is 0.507. The molecule has 0 unspecified atom stereocenters. The Bertz CT molecular complexity index is 679. The molecule has 0 spiro atoms. The third-order valence-corrected chi connectivity index (χ3v) is 3.17. The molecular formula is C14H17N3O4. The van der Waals surface area contributed by atoms with E-state index in [9.17, 15) is 15.2 Å². The van der Waals surface area contributed by atoms with Gasteiger partial charge in [-0.05, 0) is 25.5 Å². The molecule has 112 valence electrons. The van der Waals surface area contributed by atoms with Gasteiger partial charge in [0.1, 0.15) is 17.2 Å². The molecule has 1 aromatic carbocycles. The zero-order chi connectivity index (χ0) is 15.6. The normalized spacial score (nSPS) is 10.6. The van der Waals surface area contributed by atoms with Gasteiger partial charge in [0.2, 0.25) is 0 Å². The highest BCUT2D eigenvalue weighted by molar-refractivity contribution is 5.51. The van der Waals surface area contributed by atoms with E-state index in [4.69, 9.17) is 4.74 Å². The molecule has 1 N–H and O–H groups in total. The Labute approximate surface area is 121 Å². The van der Waals surface area contributed by atoms with E-state index in [1.807, 2.05) is 6.92 Å². The molecule has 2 aromatic rings. The van der Waals surface area contributed by atoms with Gasteiger partial charge in [-0.15, -0.1) is 0 Å². The Balaban J connectivity index is 2.48. The molecule has 0 aliphatic heterocycles. The van der Waals surface area contributed by atoms with E-state index in [1.54, 1.807) is 26.1 Å². The highest BCUT2D eigenvalue weighted by atomic mass is 16.6. The maximum absolute atomic E-state index is 11.3. The largest absolute Gasteiger partial charge is 0.508 e. The first-order valence-corrected chi connectivity index (χ1v) is 6.62. The second-order valence-electron chi connectivity index (χ2n) is 4.73. The molecule has 0 aliphatic rings. The van der Waals surface area contributed by atoms with Crippen molar-refractivity contribution in [1.82, 2.24) is 9.78 Å². The maximum Gasteiger partial charge on any atom is 0.353 e. The molecule has 2 rings (SSSR count). The number of aryl methyl sites for hydroxylation is 2. The summed E-state index contributed by atoms with van der Waals surface area (Å²) < 4.78 is 6.99. The number of rotatable bonds is 5. The predicted octanol–water partition coefficient (Wildman–Crippen LogP) is 3.09. The molecule has 0 saturated heterocycles. The number of ether oxygens (including phenoxy) is 1. The van der Waals surface area contributed by atoms with Crippen LogP contribution in [0.5, 0.6) is 17.4 Å². The molecule has 21 heavy (non-hydrogen) atoms. The molecule has 1 heterocycles. The summed E-state index contributed by atoms with van der Waals surface area (Å²) in [6, 6.07) is 4.79. The van der Waals surface area contributed by atoms with Crippen LogP contribution >= 0.6 is 0 Å². The van der Waals surface area contributed by atoms with Crippen molar-refractivity contribution >= 4 is 5.69 Å². The van der Waals surface area contributed by atoms with Crippen LogP contribution in [0.1, 0.15) is 24.6 Å². The van der Waals surface area contributed by atoms with Crippen LogP contribution < -0.4 is 4.74 Å². The summed E-state index contributed by atoms with van der Waals surface area (Å²) in [5.41, 5.74) is 0.796. The second kappa shape index (κ2) is 5.82. The Morgan fingerprint density at radius 1 is 1.48 bits per heavy atom. The average molecular weight is 291 g/mol. The first-order chi connectivity index (χ1) is 9.95. The average Bonchev–Trinajstić information content (AvgIpc) is 2.72. The third-order valence-electron chi connectivity index (χ3n) is 3.17. The monoisotopic (exact) mass is 291 g/mol. The fourth-order valence-electron chi connectivity index (χ4n) is 2.07. The molecule has 0 fully saturated rings. The van der Waals surface area contributed by atoms with Crippen LogP contribution in [-0.2, 0) is 13.5 Å². The van der Waals surface area contributed by atoms with Crippen molar-refractivity contribution in [3.05, 3.63) is 39.6 Å². The van der Waals surface area contributed by atoms with E-state index < -0.39 is 4.92 Å². The number of hydrogen-bond donors (Lipinski definition) is 1. The van der Waals surface area contributed by atoms with Crippen LogP contribution in [0.25, 0.3) is 0 Å². The Kier molecular flexibility index (Phi) is 4.11. The summed E-state index contributed by atoms with van der Waals surface area (Å²) in [5, 5.41) is 25.1. The van der Waals surface area contributed by atoms with E-state index in [0.29, 0.717) is 23.4 Å². The number of aromatic nitrogens is 2. The maximum atomic E-state index is 11.3. The van der Waals surface area contributed by atoms with Crippen LogP contribution in [0.2, 0.25) is 0 Å². The number of nitrogens with zero attached hydrogens (tertiary/aromatic N) is 3. The summed E-state index contributed by atoms with van der Waals surface area (Å²) in [4.78, 5) is 10.8. The van der Waals surface area contributed by atoms with Gasteiger partial charge in [0.15, 0.2) is 0 Å². The number of phenols is 1. The Morgan fingerprint density at radius 3 is 2.81 bits per heavy atom. The van der Waals surface area contributed by atoms with Crippen molar-refractivity contribution in [2.24, 2.45) is 7.05 Å². The zero-order valence-electron chi connectivity index (χ0n) is 12.2. The van der Waals surface area contributed by atoms with E-state index in [2.05, 4.69) is 5.10 Å². The number of hydrogen-bond acceptors (Lipinski definition) is 5. The highest BCUT2D eigenvalue weighted by Gasteiger charge is 2.28. The predicted molar refractivity (Wildman–Crippen MR) is 76.8 cm³/mol. The molecule has 0 saturated carbocycles. The number of nitro groups is 1. The zero-order valence-corrected chi connectivity index (χ0v) is 12.2. The van der Waals surface area contributed by atoms with E-state index in [-0.39, 0.29) is 17.3 Å². The molecule has 0 bridgehead atoms. The standard InChI is InChI=1S/C14H17N3O4/c1-4-6-10-13(17(19)20)14(16(3)15-10)21-12-8-5-7-11(18)9(12)2/h5,7-8,18H,4,6H2,1-3H3. The first kappa shape index (κ1) is 14.8. The second-order valence-corrected chi connectivity index (χ2v) is 4.73. The van der Waals surface area contributed by atoms with Crippen LogP contribution in [0.15, 0.2) is 18.2 Å². The smallest absolute Gasteiger partial charge is 0.353 e. The molecular weight excluding hydrogens is 274 g/mol. The molecule has 7 nitrogen and oxygen atoms in total. The molecule has 0 amide bonds. The van der Waals surface area contributed by atoms with Gasteiger partial charge in [-0.2, -0.15) is 5.10 Å². The SMILES string of the molecule is CCCc1nn(C)c(Oc2cccc(O)c2C)c1[N+](=O)[O-]. The fourth-order valence-corrected chi connectivity index (χ4v) is 2.07. The molecule has 1 aromatic heterocycles. The summed E-state index contributed by atoms with van der Waals surface area (Å²) in [6.45, 7) is 3.61. The number of phenolic OH excluding ortho intramolecular Hbond substituents is 1. The van der Waals surface area contributed by atoms with E-state index in [1.165, 1.54) is 10.7 Å². The minimum atomic E-state index is -0.481. The Hall–Kier alpha value is -2.57. The van der Waals surface area contributed by atoms with Crippen LogP contribution in [0.3, 0.4) is 0 Å². The first-order valence-electron chi connectivity index (χ1n) is 6.62. The summed E-state index contributed by atoms with van der Waals surface area (Å²) in [7, 11) is 1.60. The number of benzene rings is 1. The van der Waals surface area contributed by atoms with Gasteiger partial charge < -0.3 is 9.84 Å². The van der Waals surface area contributed by atoms with Gasteiger partial charge in [0.25, 0.3) is 5.88 Å². The van der Waals surface area contributed by atoms with Gasteiger partial charge in [-0.3, -0.25) is 10.1 Å². The van der Waals surface area contributed by atoms with Crippen molar-refractivity contribution in [3.63, 3.8) is 0 Å². The van der Waals surface area contributed by atoms with Gasteiger partial charge >= 0.3 is 5.69 Å². The summed E-state index contributed by atoms with van der Waals surface area (Å²) in [6.07, 6.45) is 1.26. The quantitative estimate of drug-likeness (QED) is 0.675. The van der Waals surface area contributed by atoms with Crippen LogP contribution in [-0.4, -0.2) is 19.8 Å². The van der Waals surface area contributed by atoms with Crippen molar-refractivity contribution < 1.29 is 14.8 Å². The Morgan fingerprint density at radius 2 is 2.19 bits per heavy atom. The van der Waals surface area contributed by atoms with Gasteiger partial charge in [-0.25, -0.2) is 4.68 Å². The van der Waals surface area contributed by atoms with Crippen molar-refractivity contribution in [2.75, 3.05) is 0 Å². The van der Waals surface area contributed by atoms with Gasteiger partial charge in [-0.1, -0.05) is 19.4 Å². The lowest BCUT2D eigenvalue weighted by molar-refractivity contribution is -0.386. The lowest BCUT2D eigenvalue weighted by Gasteiger charge is -2.09. The van der Waals surface area contributed by atoms with Crippen molar-refractivity contribution in [2.45, 2.75) is 26.7 Å².